The maximum absolute atomic E-state index is 11.7. The van der Waals surface area contributed by atoms with Crippen molar-refractivity contribution in [1.82, 2.24) is 0 Å². The van der Waals surface area contributed by atoms with Gasteiger partial charge < -0.3 is 9.47 Å². The highest BCUT2D eigenvalue weighted by molar-refractivity contribution is 5.69. The van der Waals surface area contributed by atoms with E-state index in [2.05, 4.69) is 27.7 Å². The molecule has 9 atom stereocenters. The van der Waals surface area contributed by atoms with Gasteiger partial charge in [0.05, 0.1) is 7.11 Å². The van der Waals surface area contributed by atoms with E-state index in [4.69, 9.17) is 9.47 Å². The predicted molar refractivity (Wildman–Crippen MR) is 126 cm³/mol. The number of methoxy groups -OCH3 is 1. The van der Waals surface area contributed by atoms with E-state index >= 15 is 0 Å². The van der Waals surface area contributed by atoms with E-state index in [1.54, 1.807) is 6.92 Å². The Morgan fingerprint density at radius 3 is 2.41 bits per heavy atom. The number of carbonyl (C=O) groups excluding carboxylic acids is 2. The summed E-state index contributed by atoms with van der Waals surface area (Å²) in [4.78, 5) is 23.3. The van der Waals surface area contributed by atoms with Crippen molar-refractivity contribution in [1.29, 1.82) is 0 Å². The molecule has 0 radical (unpaired) electrons. The van der Waals surface area contributed by atoms with Crippen LogP contribution in [0.5, 0.6) is 0 Å². The lowest BCUT2D eigenvalue weighted by atomic mass is 9.40. The molecule has 0 bridgehead atoms. The zero-order valence-electron chi connectivity index (χ0n) is 21.4. The number of ether oxygens (including phenoxy) is 2. The van der Waals surface area contributed by atoms with E-state index in [1.165, 1.54) is 52.1 Å². The number of fused-ring (bicyclic) bond motifs is 5. The van der Waals surface area contributed by atoms with Crippen molar-refractivity contribution >= 4 is 11.9 Å². The van der Waals surface area contributed by atoms with Gasteiger partial charge in [0, 0.05) is 13.3 Å². The molecule has 0 amide bonds. The molecule has 4 aliphatic rings. The summed E-state index contributed by atoms with van der Waals surface area (Å²) < 4.78 is 10.6. The van der Waals surface area contributed by atoms with Gasteiger partial charge in [-0.05, 0) is 110 Å². The Balaban J connectivity index is 1.49. The molecule has 0 aromatic rings. The van der Waals surface area contributed by atoms with Crippen LogP contribution in [0.3, 0.4) is 0 Å². The lowest BCUT2D eigenvalue weighted by molar-refractivity contribution is -0.183. The molecular weight excluding hydrogens is 400 g/mol. The van der Waals surface area contributed by atoms with Crippen molar-refractivity contribution in [2.75, 3.05) is 7.11 Å². The fraction of sp³-hybridized carbons (Fsp3) is 0.929. The molecule has 0 N–H and O–H groups in total. The summed E-state index contributed by atoms with van der Waals surface area (Å²) >= 11 is 0. The number of hydrogen-bond donors (Lipinski definition) is 0. The van der Waals surface area contributed by atoms with E-state index in [0.29, 0.717) is 23.2 Å². The van der Waals surface area contributed by atoms with E-state index in [0.717, 1.165) is 42.9 Å². The molecular formula is C28H46O4. The largest absolute Gasteiger partial charge is 0.469 e. The van der Waals surface area contributed by atoms with Crippen molar-refractivity contribution < 1.29 is 19.1 Å². The fourth-order valence-electron chi connectivity index (χ4n) is 9.55. The Labute approximate surface area is 195 Å². The number of hydrogen-bond acceptors (Lipinski definition) is 4. The maximum atomic E-state index is 11.7. The van der Waals surface area contributed by atoms with Gasteiger partial charge in [-0.3, -0.25) is 9.59 Å². The monoisotopic (exact) mass is 446 g/mol. The minimum Gasteiger partial charge on any atom is -0.469 e. The molecule has 0 aliphatic heterocycles. The van der Waals surface area contributed by atoms with Gasteiger partial charge in [0.1, 0.15) is 6.10 Å². The average molecular weight is 447 g/mol. The van der Waals surface area contributed by atoms with Crippen LogP contribution in [-0.4, -0.2) is 25.2 Å². The standard InChI is InChI=1S/C28H46O4/c1-18(7-10-25(30)31-6)22-8-9-23-21-12-14-26(3)17-20(32-19(2)29)11-16-28(26,5)24(21)13-15-27(22,23)4/h18,20-24H,7-17H2,1-6H3/t18-,20-,21+,22-,23+,24+,26-,27-,28-/m1/s1. The average Bonchev–Trinajstić information content (AvgIpc) is 3.09. The van der Waals surface area contributed by atoms with Gasteiger partial charge in [0.25, 0.3) is 0 Å². The first-order valence-electron chi connectivity index (χ1n) is 13.3. The van der Waals surface area contributed by atoms with Crippen LogP contribution in [0.2, 0.25) is 0 Å². The Morgan fingerprint density at radius 1 is 0.969 bits per heavy atom. The molecule has 0 aromatic heterocycles. The molecule has 0 spiro atoms. The zero-order chi connectivity index (χ0) is 23.3. The van der Waals surface area contributed by atoms with Crippen LogP contribution in [0.1, 0.15) is 105 Å². The first-order valence-corrected chi connectivity index (χ1v) is 13.3. The molecule has 4 heteroatoms. The molecule has 4 fully saturated rings. The number of rotatable bonds is 5. The third-order valence-corrected chi connectivity index (χ3v) is 11.5. The summed E-state index contributed by atoms with van der Waals surface area (Å²) in [7, 11) is 1.50. The van der Waals surface area contributed by atoms with Gasteiger partial charge >= 0.3 is 11.9 Å². The van der Waals surface area contributed by atoms with Crippen LogP contribution < -0.4 is 0 Å². The minimum absolute atomic E-state index is 0.0656. The fourth-order valence-corrected chi connectivity index (χ4v) is 9.55. The van der Waals surface area contributed by atoms with Gasteiger partial charge in [0.15, 0.2) is 0 Å². The smallest absolute Gasteiger partial charge is 0.305 e. The topological polar surface area (TPSA) is 52.6 Å². The minimum atomic E-state index is -0.123. The summed E-state index contributed by atoms with van der Waals surface area (Å²) in [6.45, 7) is 11.6. The van der Waals surface area contributed by atoms with Crippen molar-refractivity contribution in [3.05, 3.63) is 0 Å². The van der Waals surface area contributed by atoms with Gasteiger partial charge in [0.2, 0.25) is 0 Å². The van der Waals surface area contributed by atoms with Crippen molar-refractivity contribution in [2.24, 2.45) is 45.8 Å². The molecule has 4 aliphatic carbocycles. The lowest BCUT2D eigenvalue weighted by Crippen LogP contribution is -2.58. The number of esters is 2. The summed E-state index contributed by atoms with van der Waals surface area (Å²) in [6, 6.07) is 0. The van der Waals surface area contributed by atoms with Crippen molar-refractivity contribution in [3.8, 4) is 0 Å². The predicted octanol–water partition coefficient (Wildman–Crippen LogP) is 6.56. The van der Waals surface area contributed by atoms with Gasteiger partial charge in [-0.15, -0.1) is 0 Å². The molecule has 0 heterocycles. The van der Waals surface area contributed by atoms with Crippen molar-refractivity contribution in [3.63, 3.8) is 0 Å². The van der Waals surface area contributed by atoms with E-state index in [1.807, 2.05) is 0 Å². The van der Waals surface area contributed by atoms with E-state index in [9.17, 15) is 9.59 Å². The van der Waals surface area contributed by atoms with E-state index in [-0.39, 0.29) is 23.5 Å². The Kier molecular flexibility index (Phi) is 6.48. The molecule has 4 nitrogen and oxygen atoms in total. The van der Waals surface area contributed by atoms with Crippen LogP contribution in [-0.2, 0) is 19.1 Å². The SMILES string of the molecule is COC(=O)CC[C@@H](C)[C@H]1CC[C@H]2[C@@H]3CC[C@]4(C)C[C@H](OC(C)=O)CC[C@]4(C)[C@H]3CC[C@]12C. The van der Waals surface area contributed by atoms with Crippen molar-refractivity contribution in [2.45, 2.75) is 111 Å². The summed E-state index contributed by atoms with van der Waals surface area (Å²) in [5.41, 5.74) is 1.07. The summed E-state index contributed by atoms with van der Waals surface area (Å²) in [5.74, 6) is 3.62. The third-order valence-electron chi connectivity index (χ3n) is 11.5. The first-order chi connectivity index (χ1) is 15.0. The molecule has 0 unspecified atom stereocenters. The quantitative estimate of drug-likeness (QED) is 0.449. The highest BCUT2D eigenvalue weighted by Gasteiger charge is 2.63. The Morgan fingerprint density at radius 2 is 1.72 bits per heavy atom. The lowest BCUT2D eigenvalue weighted by Gasteiger charge is -2.65. The normalized spacial score (nSPS) is 46.4. The zero-order valence-corrected chi connectivity index (χ0v) is 21.4. The third kappa shape index (κ3) is 3.82. The van der Waals surface area contributed by atoms with Gasteiger partial charge in [-0.25, -0.2) is 0 Å². The summed E-state index contributed by atoms with van der Waals surface area (Å²) in [6.07, 6.45) is 12.9. The number of carbonyl (C=O) groups is 2. The summed E-state index contributed by atoms with van der Waals surface area (Å²) in [5, 5.41) is 0. The van der Waals surface area contributed by atoms with Gasteiger partial charge in [-0.2, -0.15) is 0 Å². The second-order valence-corrected chi connectivity index (χ2v) is 12.7. The van der Waals surface area contributed by atoms with Crippen LogP contribution >= 0.6 is 0 Å². The highest BCUT2D eigenvalue weighted by atomic mass is 16.5. The van der Waals surface area contributed by atoms with Gasteiger partial charge in [-0.1, -0.05) is 27.7 Å². The van der Waals surface area contributed by atoms with Crippen LogP contribution in [0.4, 0.5) is 0 Å². The van der Waals surface area contributed by atoms with Crippen LogP contribution in [0.25, 0.3) is 0 Å². The molecule has 0 aromatic carbocycles. The maximum Gasteiger partial charge on any atom is 0.305 e. The Bertz CT molecular complexity index is 733. The molecule has 32 heavy (non-hydrogen) atoms. The second-order valence-electron chi connectivity index (χ2n) is 12.7. The van der Waals surface area contributed by atoms with Crippen LogP contribution in [0.15, 0.2) is 0 Å². The molecule has 4 rings (SSSR count). The Hall–Kier alpha value is -1.06. The second kappa shape index (κ2) is 8.62. The molecule has 0 saturated heterocycles. The molecule has 182 valence electrons. The van der Waals surface area contributed by atoms with E-state index < -0.39 is 0 Å². The first kappa shape index (κ1) is 24.1. The van der Waals surface area contributed by atoms with Crippen LogP contribution in [0, 0.1) is 45.8 Å². The highest BCUT2D eigenvalue weighted by Crippen LogP contribution is 2.71. The molecule has 4 saturated carbocycles.